The fourth-order valence-corrected chi connectivity index (χ4v) is 0.961. The van der Waals surface area contributed by atoms with Crippen molar-refractivity contribution in [2.45, 2.75) is 38.6 Å². The van der Waals surface area contributed by atoms with E-state index in [9.17, 15) is 0 Å². The normalized spacial score (nSPS) is 20.6. The van der Waals surface area contributed by atoms with Crippen LogP contribution in [0.15, 0.2) is 0 Å². The van der Waals surface area contributed by atoms with E-state index in [1.165, 1.54) is 32.2 Å². The van der Waals surface area contributed by atoms with Crippen molar-refractivity contribution in [3.63, 3.8) is 0 Å². The monoisotopic (exact) mass is 113 g/mol. The van der Waals surface area contributed by atoms with Gasteiger partial charge < -0.3 is 5.32 Å². The molecule has 0 atom stereocenters. The van der Waals surface area contributed by atoms with Gasteiger partial charge in [0.05, 0.1) is 0 Å². The smallest absolute Gasteiger partial charge is 0.00670 e. The van der Waals surface area contributed by atoms with E-state index in [2.05, 4.69) is 12.2 Å². The molecule has 0 saturated heterocycles. The highest BCUT2D eigenvalue weighted by Gasteiger charge is 2.14. The maximum Gasteiger partial charge on any atom is 0.00670 e. The van der Waals surface area contributed by atoms with Crippen molar-refractivity contribution < 1.29 is 0 Å². The van der Waals surface area contributed by atoms with Crippen LogP contribution < -0.4 is 5.32 Å². The second-order valence-electron chi connectivity index (χ2n) is 2.58. The number of rotatable bonds is 3. The first-order valence-electron chi connectivity index (χ1n) is 3.67. The Labute approximate surface area is 51.5 Å². The molecule has 1 nitrogen and oxygen atoms in total. The standard InChI is InChI=1S/C7H15N/c1-2-6-8-7-4-3-5-7/h7-8H,2-6H2,1H3. The Hall–Kier alpha value is -0.0400. The van der Waals surface area contributed by atoms with Crippen LogP contribution in [0.3, 0.4) is 0 Å². The van der Waals surface area contributed by atoms with Crippen molar-refractivity contribution in [3.8, 4) is 0 Å². The van der Waals surface area contributed by atoms with E-state index in [-0.39, 0.29) is 0 Å². The Morgan fingerprint density at radius 1 is 1.50 bits per heavy atom. The molecule has 0 heterocycles. The fraction of sp³-hybridized carbons (Fsp3) is 1.00. The number of hydrogen-bond donors (Lipinski definition) is 1. The third-order valence-corrected chi connectivity index (χ3v) is 1.79. The molecule has 1 fully saturated rings. The van der Waals surface area contributed by atoms with Gasteiger partial charge in [-0.05, 0) is 25.8 Å². The lowest BCUT2D eigenvalue weighted by Crippen LogP contribution is -2.35. The Balaban J connectivity index is 1.86. The number of hydrogen-bond acceptors (Lipinski definition) is 1. The van der Waals surface area contributed by atoms with Gasteiger partial charge in [-0.1, -0.05) is 13.3 Å². The van der Waals surface area contributed by atoms with Crippen LogP contribution in [0.25, 0.3) is 0 Å². The predicted molar refractivity (Wildman–Crippen MR) is 35.9 cm³/mol. The molecule has 8 heavy (non-hydrogen) atoms. The summed E-state index contributed by atoms with van der Waals surface area (Å²) in [6.07, 6.45) is 5.55. The van der Waals surface area contributed by atoms with Gasteiger partial charge in [-0.15, -0.1) is 0 Å². The van der Waals surface area contributed by atoms with E-state index in [0.717, 1.165) is 6.04 Å². The van der Waals surface area contributed by atoms with Gasteiger partial charge in [0.1, 0.15) is 0 Å². The maximum absolute atomic E-state index is 3.47. The van der Waals surface area contributed by atoms with Gasteiger partial charge in [0.15, 0.2) is 0 Å². The molecule has 1 aliphatic carbocycles. The highest BCUT2D eigenvalue weighted by Crippen LogP contribution is 2.17. The van der Waals surface area contributed by atoms with Gasteiger partial charge in [0.2, 0.25) is 0 Å². The number of nitrogens with one attached hydrogen (secondary N) is 1. The highest BCUT2D eigenvalue weighted by molar-refractivity contribution is 4.75. The second-order valence-corrected chi connectivity index (χ2v) is 2.58. The van der Waals surface area contributed by atoms with E-state index >= 15 is 0 Å². The van der Waals surface area contributed by atoms with Crippen molar-refractivity contribution in [2.75, 3.05) is 6.54 Å². The topological polar surface area (TPSA) is 12.0 Å². The summed E-state index contributed by atoms with van der Waals surface area (Å²) in [5, 5.41) is 3.47. The Morgan fingerprint density at radius 2 is 2.25 bits per heavy atom. The molecule has 0 aromatic carbocycles. The van der Waals surface area contributed by atoms with Crippen molar-refractivity contribution >= 4 is 0 Å². The Kier molecular flexibility index (Phi) is 2.34. The van der Waals surface area contributed by atoms with Crippen LogP contribution in [-0.4, -0.2) is 12.6 Å². The summed E-state index contributed by atoms with van der Waals surface area (Å²) in [6.45, 7) is 3.43. The van der Waals surface area contributed by atoms with Crippen LogP contribution in [0, 0.1) is 0 Å². The van der Waals surface area contributed by atoms with E-state index in [0.29, 0.717) is 0 Å². The van der Waals surface area contributed by atoms with Crippen molar-refractivity contribution in [1.82, 2.24) is 5.32 Å². The van der Waals surface area contributed by atoms with Crippen molar-refractivity contribution in [1.29, 1.82) is 0 Å². The third-order valence-electron chi connectivity index (χ3n) is 1.79. The largest absolute Gasteiger partial charge is 0.314 e. The summed E-state index contributed by atoms with van der Waals surface area (Å²) in [6, 6.07) is 0.884. The summed E-state index contributed by atoms with van der Waals surface area (Å²) in [4.78, 5) is 0. The first kappa shape index (κ1) is 6.09. The molecule has 0 radical (unpaired) electrons. The minimum Gasteiger partial charge on any atom is -0.314 e. The van der Waals surface area contributed by atoms with Gasteiger partial charge in [-0.3, -0.25) is 0 Å². The fourth-order valence-electron chi connectivity index (χ4n) is 0.961. The van der Waals surface area contributed by atoms with Gasteiger partial charge >= 0.3 is 0 Å². The first-order valence-corrected chi connectivity index (χ1v) is 3.67. The van der Waals surface area contributed by atoms with Crippen LogP contribution in [0.1, 0.15) is 32.6 Å². The molecule has 1 N–H and O–H groups in total. The quantitative estimate of drug-likeness (QED) is 0.585. The van der Waals surface area contributed by atoms with Crippen LogP contribution in [0.2, 0.25) is 0 Å². The van der Waals surface area contributed by atoms with Gasteiger partial charge in [-0.2, -0.15) is 0 Å². The molecule has 1 rings (SSSR count). The van der Waals surface area contributed by atoms with Gasteiger partial charge in [0.25, 0.3) is 0 Å². The Bertz CT molecular complexity index is 57.4. The van der Waals surface area contributed by atoms with E-state index in [4.69, 9.17) is 0 Å². The molecule has 0 amide bonds. The van der Waals surface area contributed by atoms with E-state index in [1.807, 2.05) is 0 Å². The summed E-state index contributed by atoms with van der Waals surface area (Å²) in [5.41, 5.74) is 0. The molecule has 1 saturated carbocycles. The molecule has 0 spiro atoms. The molecule has 0 bridgehead atoms. The molecular weight excluding hydrogens is 98.1 g/mol. The maximum atomic E-state index is 3.47. The predicted octanol–water partition coefficient (Wildman–Crippen LogP) is 1.54. The molecule has 0 aromatic rings. The van der Waals surface area contributed by atoms with Crippen LogP contribution in [0.4, 0.5) is 0 Å². The zero-order valence-electron chi connectivity index (χ0n) is 5.61. The van der Waals surface area contributed by atoms with Gasteiger partial charge in [0, 0.05) is 6.04 Å². The van der Waals surface area contributed by atoms with Crippen molar-refractivity contribution in [3.05, 3.63) is 0 Å². The third kappa shape index (κ3) is 1.48. The summed E-state index contributed by atoms with van der Waals surface area (Å²) in [7, 11) is 0. The molecule has 1 aliphatic rings. The summed E-state index contributed by atoms with van der Waals surface area (Å²) >= 11 is 0. The first-order chi connectivity index (χ1) is 3.93. The molecule has 0 aliphatic heterocycles. The minimum absolute atomic E-state index is 0.884. The average Bonchev–Trinajstić information content (AvgIpc) is 1.63. The Morgan fingerprint density at radius 3 is 2.62 bits per heavy atom. The summed E-state index contributed by atoms with van der Waals surface area (Å²) in [5.74, 6) is 0. The second kappa shape index (κ2) is 3.08. The van der Waals surface area contributed by atoms with Crippen LogP contribution in [-0.2, 0) is 0 Å². The minimum atomic E-state index is 0.884. The van der Waals surface area contributed by atoms with Gasteiger partial charge in [-0.25, -0.2) is 0 Å². The van der Waals surface area contributed by atoms with Crippen LogP contribution >= 0.6 is 0 Å². The molecule has 48 valence electrons. The summed E-state index contributed by atoms with van der Waals surface area (Å²) < 4.78 is 0. The lowest BCUT2D eigenvalue weighted by Gasteiger charge is -2.26. The molecule has 0 aromatic heterocycles. The van der Waals surface area contributed by atoms with Crippen LogP contribution in [0.5, 0.6) is 0 Å². The van der Waals surface area contributed by atoms with E-state index < -0.39 is 0 Å². The molecular formula is C7H15N. The molecule has 0 unspecified atom stereocenters. The SMILES string of the molecule is CCCNC1CCC1. The lowest BCUT2D eigenvalue weighted by molar-refractivity contribution is 0.341. The van der Waals surface area contributed by atoms with E-state index in [1.54, 1.807) is 0 Å². The lowest BCUT2D eigenvalue weighted by atomic mass is 9.93. The molecule has 1 heteroatoms. The zero-order chi connectivity index (χ0) is 5.82. The zero-order valence-corrected chi connectivity index (χ0v) is 5.61. The van der Waals surface area contributed by atoms with Crippen molar-refractivity contribution in [2.24, 2.45) is 0 Å². The highest BCUT2D eigenvalue weighted by atomic mass is 14.9. The average molecular weight is 113 g/mol.